The zero-order valence-corrected chi connectivity index (χ0v) is 9.06. The van der Waals surface area contributed by atoms with Gasteiger partial charge in [0.2, 0.25) is 0 Å². The maximum absolute atomic E-state index is 11.3. The Labute approximate surface area is 87.2 Å². The molecule has 1 aromatic heterocycles. The minimum absolute atomic E-state index is 0.127. The first-order valence-electron chi connectivity index (χ1n) is 4.53. The molecule has 0 spiro atoms. The minimum Gasteiger partial charge on any atom is -0.490 e. The molecule has 14 heavy (non-hydrogen) atoms. The van der Waals surface area contributed by atoms with Crippen LogP contribution in [0.4, 0.5) is 0 Å². The van der Waals surface area contributed by atoms with Gasteiger partial charge in [-0.3, -0.25) is 4.79 Å². The summed E-state index contributed by atoms with van der Waals surface area (Å²) in [6.45, 7) is 4.01. The third-order valence-corrected chi connectivity index (χ3v) is 3.30. The lowest BCUT2D eigenvalue weighted by Crippen LogP contribution is -2.29. The number of hydrogen-bond acceptors (Lipinski definition) is 3. The van der Waals surface area contributed by atoms with Crippen LogP contribution in [0.15, 0.2) is 23.8 Å². The molecule has 0 saturated heterocycles. The Morgan fingerprint density at radius 1 is 1.57 bits per heavy atom. The van der Waals surface area contributed by atoms with E-state index >= 15 is 0 Å². The fraction of sp³-hybridized carbons (Fsp3) is 0.364. The molecule has 2 heterocycles. The van der Waals surface area contributed by atoms with Crippen LogP contribution in [0.5, 0.6) is 0 Å². The Hall–Kier alpha value is -1.09. The lowest BCUT2D eigenvalue weighted by atomic mass is 9.91. The summed E-state index contributed by atoms with van der Waals surface area (Å²) in [6.07, 6.45) is 3.42. The van der Waals surface area contributed by atoms with E-state index in [1.807, 2.05) is 6.92 Å². The zero-order valence-electron chi connectivity index (χ0n) is 8.24. The highest BCUT2D eigenvalue weighted by Crippen LogP contribution is 2.34. The Bertz CT molecular complexity index is 392. The van der Waals surface area contributed by atoms with Gasteiger partial charge in [-0.1, -0.05) is 0 Å². The number of thiophene rings is 1. The van der Waals surface area contributed by atoms with Gasteiger partial charge in [0.1, 0.15) is 5.60 Å². The summed E-state index contributed by atoms with van der Waals surface area (Å²) in [6, 6.07) is 2.08. The van der Waals surface area contributed by atoms with Crippen LogP contribution >= 0.6 is 11.3 Å². The fourth-order valence-corrected chi connectivity index (χ4v) is 2.41. The summed E-state index contributed by atoms with van der Waals surface area (Å²) in [4.78, 5) is 12.5. The van der Waals surface area contributed by atoms with Gasteiger partial charge in [0.25, 0.3) is 0 Å². The molecule has 2 nitrogen and oxygen atoms in total. The molecule has 0 aliphatic carbocycles. The summed E-state index contributed by atoms with van der Waals surface area (Å²) in [5.74, 6) is 0.127. The van der Waals surface area contributed by atoms with Crippen molar-refractivity contribution < 1.29 is 9.53 Å². The van der Waals surface area contributed by atoms with Crippen molar-refractivity contribution in [1.82, 2.24) is 0 Å². The van der Waals surface area contributed by atoms with Crippen LogP contribution in [-0.4, -0.2) is 5.78 Å². The minimum atomic E-state index is -0.462. The summed E-state index contributed by atoms with van der Waals surface area (Å²) in [7, 11) is 0. The molecule has 2 rings (SSSR count). The van der Waals surface area contributed by atoms with Gasteiger partial charge in [-0.15, -0.1) is 11.3 Å². The average Bonchev–Trinajstić information content (AvgIpc) is 2.52. The van der Waals surface area contributed by atoms with Crippen LogP contribution in [0.1, 0.15) is 23.8 Å². The zero-order chi connectivity index (χ0) is 10.2. The van der Waals surface area contributed by atoms with Crippen LogP contribution in [0.3, 0.4) is 0 Å². The summed E-state index contributed by atoms with van der Waals surface area (Å²) >= 11 is 1.68. The summed E-state index contributed by atoms with van der Waals surface area (Å²) in [5.41, 5.74) is 0.633. The van der Waals surface area contributed by atoms with Gasteiger partial charge < -0.3 is 4.74 Å². The van der Waals surface area contributed by atoms with Crippen LogP contribution < -0.4 is 0 Å². The monoisotopic (exact) mass is 208 g/mol. The highest BCUT2D eigenvalue weighted by Gasteiger charge is 2.33. The number of ether oxygens (including phenoxy) is 1. The van der Waals surface area contributed by atoms with Crippen molar-refractivity contribution in [3.63, 3.8) is 0 Å². The van der Waals surface area contributed by atoms with Gasteiger partial charge in [0.15, 0.2) is 5.78 Å². The van der Waals surface area contributed by atoms with Crippen molar-refractivity contribution in [3.8, 4) is 0 Å². The van der Waals surface area contributed by atoms with Crippen molar-refractivity contribution >= 4 is 17.1 Å². The van der Waals surface area contributed by atoms with E-state index in [0.717, 1.165) is 5.56 Å². The number of allylic oxidation sites excluding steroid dienone is 1. The van der Waals surface area contributed by atoms with Gasteiger partial charge in [-0.05, 0) is 25.3 Å². The van der Waals surface area contributed by atoms with Crippen LogP contribution in [-0.2, 0) is 15.1 Å². The Morgan fingerprint density at radius 2 is 2.36 bits per heavy atom. The maximum Gasteiger partial charge on any atom is 0.163 e. The van der Waals surface area contributed by atoms with E-state index in [2.05, 4.69) is 18.4 Å². The van der Waals surface area contributed by atoms with Crippen molar-refractivity contribution in [3.05, 3.63) is 34.2 Å². The molecule has 3 heteroatoms. The molecule has 0 saturated carbocycles. The van der Waals surface area contributed by atoms with Crippen LogP contribution in [0.25, 0.3) is 0 Å². The standard InChI is InChI=1S/C11H12O2S/c1-8-5-9(7-14-8)11(2)6-10(12)3-4-13-11/h3-5,7H,6H2,1-2H3. The molecule has 0 radical (unpaired) electrons. The van der Waals surface area contributed by atoms with E-state index in [1.165, 1.54) is 17.2 Å². The second-order valence-corrected chi connectivity index (χ2v) is 4.86. The first kappa shape index (κ1) is 9.46. The van der Waals surface area contributed by atoms with E-state index in [1.54, 1.807) is 11.3 Å². The van der Waals surface area contributed by atoms with Crippen molar-refractivity contribution in [2.45, 2.75) is 25.9 Å². The van der Waals surface area contributed by atoms with Crippen molar-refractivity contribution in [2.24, 2.45) is 0 Å². The predicted molar refractivity (Wildman–Crippen MR) is 56.3 cm³/mol. The van der Waals surface area contributed by atoms with Gasteiger partial charge >= 0.3 is 0 Å². The van der Waals surface area contributed by atoms with Crippen LogP contribution in [0.2, 0.25) is 0 Å². The van der Waals surface area contributed by atoms with Crippen molar-refractivity contribution in [1.29, 1.82) is 0 Å². The van der Waals surface area contributed by atoms with E-state index in [0.29, 0.717) is 6.42 Å². The largest absolute Gasteiger partial charge is 0.490 e. The molecule has 0 fully saturated rings. The number of rotatable bonds is 1. The van der Waals surface area contributed by atoms with Crippen LogP contribution in [0, 0.1) is 6.92 Å². The van der Waals surface area contributed by atoms with Crippen molar-refractivity contribution in [2.75, 3.05) is 0 Å². The summed E-state index contributed by atoms with van der Waals surface area (Å²) < 4.78 is 5.54. The third-order valence-electron chi connectivity index (χ3n) is 2.43. The third kappa shape index (κ3) is 1.60. The maximum atomic E-state index is 11.3. The number of ketones is 1. The molecule has 1 aromatic rings. The second-order valence-electron chi connectivity index (χ2n) is 3.74. The molecule has 74 valence electrons. The molecule has 1 aliphatic rings. The topological polar surface area (TPSA) is 26.3 Å². The molecule has 0 N–H and O–H groups in total. The van der Waals surface area contributed by atoms with E-state index in [4.69, 9.17) is 4.74 Å². The van der Waals surface area contributed by atoms with Gasteiger partial charge in [0, 0.05) is 16.5 Å². The molecule has 0 aromatic carbocycles. The van der Waals surface area contributed by atoms with Gasteiger partial charge in [0.05, 0.1) is 12.7 Å². The number of hydrogen-bond donors (Lipinski definition) is 0. The second kappa shape index (κ2) is 3.24. The quantitative estimate of drug-likeness (QED) is 0.709. The average molecular weight is 208 g/mol. The number of carbonyl (C=O) groups is 1. The molecule has 1 aliphatic heterocycles. The fourth-order valence-electron chi connectivity index (χ4n) is 1.58. The lowest BCUT2D eigenvalue weighted by Gasteiger charge is -2.29. The van der Waals surface area contributed by atoms with E-state index < -0.39 is 5.60 Å². The summed E-state index contributed by atoms with van der Waals surface area (Å²) in [5, 5.41) is 2.06. The first-order valence-corrected chi connectivity index (χ1v) is 5.41. The van der Waals surface area contributed by atoms with E-state index in [9.17, 15) is 4.79 Å². The molecule has 1 unspecified atom stereocenters. The number of aryl methyl sites for hydroxylation is 1. The lowest BCUT2D eigenvalue weighted by molar-refractivity contribution is -0.122. The molecule has 0 bridgehead atoms. The highest BCUT2D eigenvalue weighted by molar-refractivity contribution is 7.10. The molecular weight excluding hydrogens is 196 g/mol. The van der Waals surface area contributed by atoms with Gasteiger partial charge in [-0.2, -0.15) is 0 Å². The predicted octanol–water partition coefficient (Wildman–Crippen LogP) is 2.77. The Kier molecular flexibility index (Phi) is 2.19. The SMILES string of the molecule is Cc1cc(C2(C)CC(=O)C=CO2)cs1. The van der Waals surface area contributed by atoms with Gasteiger partial charge in [-0.25, -0.2) is 0 Å². The molecule has 0 amide bonds. The smallest absolute Gasteiger partial charge is 0.163 e. The highest BCUT2D eigenvalue weighted by atomic mass is 32.1. The molecular formula is C11H12O2S. The normalized spacial score (nSPS) is 26.3. The van der Waals surface area contributed by atoms with E-state index in [-0.39, 0.29) is 5.78 Å². The Morgan fingerprint density at radius 3 is 2.93 bits per heavy atom. The number of carbonyl (C=O) groups excluding carboxylic acids is 1. The first-order chi connectivity index (χ1) is 6.60. The Balaban J connectivity index is 2.33. The molecule has 1 atom stereocenters.